The van der Waals surface area contributed by atoms with Crippen LogP contribution < -0.4 is 10.1 Å². The van der Waals surface area contributed by atoms with Gasteiger partial charge in [-0.05, 0) is 43.5 Å². The zero-order chi connectivity index (χ0) is 20.3. The van der Waals surface area contributed by atoms with E-state index in [1.807, 2.05) is 67.6 Å². The third kappa shape index (κ3) is 3.72. The summed E-state index contributed by atoms with van der Waals surface area (Å²) >= 11 is 6.55. The Hall–Kier alpha value is -2.52. The first-order valence-corrected chi connectivity index (χ1v) is 10.7. The van der Waals surface area contributed by atoms with Crippen LogP contribution in [0.5, 0.6) is 5.75 Å². The summed E-state index contributed by atoms with van der Waals surface area (Å²) in [5.41, 5.74) is 1.16. The Balaban J connectivity index is 1.74. The number of halogens is 1. The second kappa shape index (κ2) is 8.46. The highest BCUT2D eigenvalue weighted by Gasteiger charge is 2.42. The van der Waals surface area contributed by atoms with Crippen LogP contribution in [-0.4, -0.2) is 12.5 Å². The molecule has 1 fully saturated rings. The van der Waals surface area contributed by atoms with E-state index in [1.54, 1.807) is 0 Å². The van der Waals surface area contributed by atoms with Gasteiger partial charge in [0.05, 0.1) is 12.0 Å². The summed E-state index contributed by atoms with van der Waals surface area (Å²) in [7, 11) is 0. The second-order valence-corrected chi connectivity index (χ2v) is 8.07. The molecule has 0 atom stereocenters. The number of ether oxygens (including phenoxy) is 1. The number of carbonyl (C=O) groups excluding carboxylic acids is 1. The average molecular weight is 408 g/mol. The quantitative estimate of drug-likeness (QED) is 0.509. The fourth-order valence-corrected chi connectivity index (χ4v) is 4.84. The number of rotatable bonds is 5. The van der Waals surface area contributed by atoms with Gasteiger partial charge in [-0.3, -0.25) is 4.79 Å². The van der Waals surface area contributed by atoms with Gasteiger partial charge in [0, 0.05) is 21.5 Å². The fourth-order valence-electron chi connectivity index (χ4n) is 4.53. The molecule has 3 aromatic rings. The number of hydrogen-bond acceptors (Lipinski definition) is 2. The molecule has 1 aliphatic carbocycles. The molecule has 1 aliphatic rings. The molecule has 0 spiro atoms. The molecule has 1 N–H and O–H groups in total. The average Bonchev–Trinajstić information content (AvgIpc) is 2.76. The normalized spacial score (nSPS) is 15.8. The van der Waals surface area contributed by atoms with Gasteiger partial charge in [0.15, 0.2) is 0 Å². The van der Waals surface area contributed by atoms with Crippen LogP contribution in [0, 0.1) is 0 Å². The Morgan fingerprint density at radius 2 is 1.66 bits per heavy atom. The SMILES string of the molecule is CCOc1ccc(NC(=O)C2(c3ccccc3Cl)CCCCC2)c2ccccc12. The molecule has 4 rings (SSSR count). The minimum absolute atomic E-state index is 0.0274. The molecule has 0 unspecified atom stereocenters. The van der Waals surface area contributed by atoms with Crippen molar-refractivity contribution in [2.45, 2.75) is 44.4 Å². The lowest BCUT2D eigenvalue weighted by Gasteiger charge is -2.37. The van der Waals surface area contributed by atoms with Crippen LogP contribution in [0.4, 0.5) is 5.69 Å². The van der Waals surface area contributed by atoms with Gasteiger partial charge in [-0.15, -0.1) is 0 Å². The molecule has 1 amide bonds. The molecule has 0 aromatic heterocycles. The number of fused-ring (bicyclic) bond motifs is 1. The van der Waals surface area contributed by atoms with Gasteiger partial charge in [-0.2, -0.15) is 0 Å². The third-order valence-corrected chi connectivity index (χ3v) is 6.29. The van der Waals surface area contributed by atoms with E-state index in [-0.39, 0.29) is 5.91 Å². The largest absolute Gasteiger partial charge is 0.493 e. The van der Waals surface area contributed by atoms with Crippen molar-refractivity contribution in [1.29, 1.82) is 0 Å². The van der Waals surface area contributed by atoms with Crippen LogP contribution in [0.2, 0.25) is 5.02 Å². The summed E-state index contributed by atoms with van der Waals surface area (Å²) in [6.45, 7) is 2.58. The zero-order valence-corrected chi connectivity index (χ0v) is 17.5. The molecule has 4 heteroatoms. The lowest BCUT2D eigenvalue weighted by atomic mass is 9.68. The van der Waals surface area contributed by atoms with Crippen LogP contribution in [0.3, 0.4) is 0 Å². The lowest BCUT2D eigenvalue weighted by Crippen LogP contribution is -2.42. The van der Waals surface area contributed by atoms with Crippen molar-refractivity contribution in [3.05, 3.63) is 71.2 Å². The summed E-state index contributed by atoms with van der Waals surface area (Å²) < 4.78 is 5.77. The predicted octanol–water partition coefficient (Wildman–Crippen LogP) is 6.73. The van der Waals surface area contributed by atoms with E-state index in [0.29, 0.717) is 11.6 Å². The summed E-state index contributed by atoms with van der Waals surface area (Å²) in [4.78, 5) is 13.7. The van der Waals surface area contributed by atoms with Gasteiger partial charge in [0.2, 0.25) is 5.91 Å². The van der Waals surface area contributed by atoms with Crippen LogP contribution >= 0.6 is 11.6 Å². The van der Waals surface area contributed by atoms with Crippen molar-refractivity contribution in [2.75, 3.05) is 11.9 Å². The minimum atomic E-state index is -0.587. The minimum Gasteiger partial charge on any atom is -0.493 e. The molecule has 3 aromatic carbocycles. The van der Waals surface area contributed by atoms with Gasteiger partial charge in [-0.1, -0.05) is 73.3 Å². The number of amides is 1. The van der Waals surface area contributed by atoms with E-state index in [2.05, 4.69) is 5.32 Å². The first kappa shape index (κ1) is 19.8. The van der Waals surface area contributed by atoms with Crippen LogP contribution in [0.1, 0.15) is 44.6 Å². The highest BCUT2D eigenvalue weighted by Crippen LogP contribution is 2.43. The van der Waals surface area contributed by atoms with Crippen molar-refractivity contribution < 1.29 is 9.53 Å². The maximum atomic E-state index is 13.7. The van der Waals surface area contributed by atoms with E-state index < -0.39 is 5.41 Å². The third-order valence-electron chi connectivity index (χ3n) is 5.96. The molecule has 1 saturated carbocycles. The topological polar surface area (TPSA) is 38.3 Å². The van der Waals surface area contributed by atoms with Crippen molar-refractivity contribution in [3.8, 4) is 5.75 Å². The number of anilines is 1. The van der Waals surface area contributed by atoms with Gasteiger partial charge in [0.1, 0.15) is 5.75 Å². The van der Waals surface area contributed by atoms with Crippen LogP contribution in [0.15, 0.2) is 60.7 Å². The monoisotopic (exact) mass is 407 g/mol. The summed E-state index contributed by atoms with van der Waals surface area (Å²) in [5.74, 6) is 0.860. The van der Waals surface area contributed by atoms with E-state index in [0.717, 1.165) is 59.9 Å². The van der Waals surface area contributed by atoms with Crippen molar-refractivity contribution in [3.63, 3.8) is 0 Å². The van der Waals surface area contributed by atoms with Crippen LogP contribution in [-0.2, 0) is 10.2 Å². The van der Waals surface area contributed by atoms with Gasteiger partial charge >= 0.3 is 0 Å². The Kier molecular flexibility index (Phi) is 5.77. The molecular formula is C25H26ClNO2. The van der Waals surface area contributed by atoms with Gasteiger partial charge in [0.25, 0.3) is 0 Å². The smallest absolute Gasteiger partial charge is 0.235 e. The molecule has 0 aliphatic heterocycles. The Morgan fingerprint density at radius 1 is 0.966 bits per heavy atom. The number of hydrogen-bond donors (Lipinski definition) is 1. The van der Waals surface area contributed by atoms with Crippen molar-refractivity contribution in [2.24, 2.45) is 0 Å². The maximum absolute atomic E-state index is 13.7. The Labute approximate surface area is 177 Å². The zero-order valence-electron chi connectivity index (χ0n) is 16.7. The number of nitrogens with one attached hydrogen (secondary N) is 1. The first-order valence-electron chi connectivity index (χ1n) is 10.4. The van der Waals surface area contributed by atoms with Gasteiger partial charge < -0.3 is 10.1 Å². The van der Waals surface area contributed by atoms with Crippen molar-refractivity contribution >= 4 is 34.0 Å². The molecule has 0 bridgehead atoms. The maximum Gasteiger partial charge on any atom is 0.235 e. The number of benzene rings is 3. The fraction of sp³-hybridized carbons (Fsp3) is 0.320. The summed E-state index contributed by atoms with van der Waals surface area (Å²) in [6, 6.07) is 19.7. The highest BCUT2D eigenvalue weighted by molar-refractivity contribution is 6.32. The van der Waals surface area contributed by atoms with Crippen LogP contribution in [0.25, 0.3) is 10.8 Å². The second-order valence-electron chi connectivity index (χ2n) is 7.67. The standard InChI is InChI=1S/C25H26ClNO2/c1-2-29-23-15-14-22(18-10-4-5-11-19(18)23)27-24(28)25(16-8-3-9-17-25)20-12-6-7-13-21(20)26/h4-7,10-15H,2-3,8-9,16-17H2,1H3,(H,27,28). The predicted molar refractivity (Wildman–Crippen MR) is 120 cm³/mol. The number of carbonyl (C=O) groups is 1. The molecule has 0 heterocycles. The molecule has 0 saturated heterocycles. The summed E-state index contributed by atoms with van der Waals surface area (Å²) in [6.07, 6.45) is 4.85. The Morgan fingerprint density at radius 3 is 2.38 bits per heavy atom. The molecule has 29 heavy (non-hydrogen) atoms. The van der Waals surface area contributed by atoms with Crippen molar-refractivity contribution in [1.82, 2.24) is 0 Å². The first-order chi connectivity index (χ1) is 14.2. The molecule has 3 nitrogen and oxygen atoms in total. The molecule has 0 radical (unpaired) electrons. The lowest BCUT2D eigenvalue weighted by molar-refractivity contribution is -0.122. The summed E-state index contributed by atoms with van der Waals surface area (Å²) in [5, 5.41) is 5.89. The molecular weight excluding hydrogens is 382 g/mol. The Bertz CT molecular complexity index is 1020. The highest BCUT2D eigenvalue weighted by atomic mass is 35.5. The van der Waals surface area contributed by atoms with E-state index in [1.165, 1.54) is 0 Å². The van der Waals surface area contributed by atoms with E-state index >= 15 is 0 Å². The molecule has 150 valence electrons. The van der Waals surface area contributed by atoms with E-state index in [9.17, 15) is 4.79 Å². The van der Waals surface area contributed by atoms with E-state index in [4.69, 9.17) is 16.3 Å². The van der Waals surface area contributed by atoms with Gasteiger partial charge in [-0.25, -0.2) is 0 Å².